The maximum absolute atomic E-state index is 12.9. The first kappa shape index (κ1) is 18.2. The zero-order chi connectivity index (χ0) is 20.7. The first-order valence-corrected chi connectivity index (χ1v) is 10.2. The van der Waals surface area contributed by atoms with Crippen molar-refractivity contribution in [2.45, 2.75) is 0 Å². The second-order valence-corrected chi connectivity index (χ2v) is 7.74. The average Bonchev–Trinajstić information content (AvgIpc) is 3.24. The SMILES string of the molecule is Cn1nc(C(=O)Nc2nc(-c3ccc4ccccc4c3)cs2)c2ccccc2c1=O. The molecular weight excluding hydrogens is 396 g/mol. The van der Waals surface area contributed by atoms with Crippen LogP contribution >= 0.6 is 11.3 Å². The highest BCUT2D eigenvalue weighted by Gasteiger charge is 2.17. The van der Waals surface area contributed by atoms with Gasteiger partial charge in [0, 0.05) is 23.4 Å². The Kier molecular flexibility index (Phi) is 4.37. The number of nitrogens with zero attached hydrogens (tertiary/aromatic N) is 3. The molecule has 0 bridgehead atoms. The molecule has 2 aromatic heterocycles. The summed E-state index contributed by atoms with van der Waals surface area (Å²) in [4.78, 5) is 29.7. The van der Waals surface area contributed by atoms with Crippen molar-refractivity contribution in [2.24, 2.45) is 7.05 Å². The predicted molar refractivity (Wildman–Crippen MR) is 120 cm³/mol. The van der Waals surface area contributed by atoms with Gasteiger partial charge in [-0.3, -0.25) is 14.9 Å². The van der Waals surface area contributed by atoms with E-state index in [1.807, 2.05) is 23.6 Å². The Labute approximate surface area is 175 Å². The predicted octanol–water partition coefficient (Wildman–Crippen LogP) is 4.46. The van der Waals surface area contributed by atoms with E-state index in [9.17, 15) is 9.59 Å². The average molecular weight is 412 g/mol. The molecule has 2 heterocycles. The van der Waals surface area contributed by atoms with E-state index >= 15 is 0 Å². The highest BCUT2D eigenvalue weighted by molar-refractivity contribution is 7.14. The molecule has 0 saturated carbocycles. The van der Waals surface area contributed by atoms with Gasteiger partial charge in [0.05, 0.1) is 11.1 Å². The third-order valence-corrected chi connectivity index (χ3v) is 5.70. The van der Waals surface area contributed by atoms with Gasteiger partial charge in [-0.15, -0.1) is 11.3 Å². The summed E-state index contributed by atoms with van der Waals surface area (Å²) in [7, 11) is 1.53. The van der Waals surface area contributed by atoms with E-state index in [2.05, 4.69) is 39.7 Å². The Bertz CT molecular complexity index is 1490. The summed E-state index contributed by atoms with van der Waals surface area (Å²) in [5.74, 6) is -0.402. The fourth-order valence-corrected chi connectivity index (χ4v) is 4.15. The van der Waals surface area contributed by atoms with Crippen LogP contribution < -0.4 is 10.9 Å². The first-order valence-electron chi connectivity index (χ1n) is 9.32. The van der Waals surface area contributed by atoms with Gasteiger partial charge >= 0.3 is 0 Å². The molecule has 0 fully saturated rings. The zero-order valence-corrected chi connectivity index (χ0v) is 16.8. The Balaban J connectivity index is 1.47. The molecule has 0 unspecified atom stereocenters. The second kappa shape index (κ2) is 7.20. The molecule has 0 aliphatic heterocycles. The number of benzene rings is 3. The molecule has 30 heavy (non-hydrogen) atoms. The lowest BCUT2D eigenvalue weighted by Crippen LogP contribution is -2.25. The van der Waals surface area contributed by atoms with Gasteiger partial charge in [0.2, 0.25) is 0 Å². The molecule has 146 valence electrons. The minimum absolute atomic E-state index is 0.190. The second-order valence-electron chi connectivity index (χ2n) is 6.88. The van der Waals surface area contributed by atoms with Crippen molar-refractivity contribution in [3.05, 3.63) is 88.2 Å². The number of amides is 1. The molecule has 7 heteroatoms. The summed E-state index contributed by atoms with van der Waals surface area (Å²) in [6.45, 7) is 0. The van der Waals surface area contributed by atoms with Crippen LogP contribution in [0.4, 0.5) is 5.13 Å². The quantitative estimate of drug-likeness (QED) is 0.475. The monoisotopic (exact) mass is 412 g/mol. The van der Waals surface area contributed by atoms with Crippen LogP contribution in [0.5, 0.6) is 0 Å². The van der Waals surface area contributed by atoms with Crippen LogP contribution in [-0.2, 0) is 7.05 Å². The highest BCUT2D eigenvalue weighted by Crippen LogP contribution is 2.28. The Morgan fingerprint density at radius 2 is 1.70 bits per heavy atom. The zero-order valence-electron chi connectivity index (χ0n) is 16.0. The minimum Gasteiger partial charge on any atom is -0.296 e. The number of nitrogens with one attached hydrogen (secondary N) is 1. The normalized spacial score (nSPS) is 11.1. The first-order chi connectivity index (χ1) is 14.6. The number of hydrogen-bond donors (Lipinski definition) is 1. The number of hydrogen-bond acceptors (Lipinski definition) is 5. The van der Waals surface area contributed by atoms with Gasteiger partial charge < -0.3 is 0 Å². The summed E-state index contributed by atoms with van der Waals surface area (Å²) < 4.78 is 1.18. The maximum atomic E-state index is 12.9. The summed E-state index contributed by atoms with van der Waals surface area (Å²) in [6, 6.07) is 21.3. The number of carbonyl (C=O) groups excluding carboxylic acids is 1. The molecule has 1 amide bonds. The smallest absolute Gasteiger partial charge is 0.278 e. The number of anilines is 1. The van der Waals surface area contributed by atoms with Crippen LogP contribution in [0.25, 0.3) is 32.8 Å². The van der Waals surface area contributed by atoms with Crippen molar-refractivity contribution in [3.8, 4) is 11.3 Å². The van der Waals surface area contributed by atoms with Crippen LogP contribution in [0.3, 0.4) is 0 Å². The number of carbonyl (C=O) groups is 1. The molecule has 0 radical (unpaired) electrons. The lowest BCUT2D eigenvalue weighted by molar-refractivity contribution is 0.102. The molecule has 0 spiro atoms. The number of fused-ring (bicyclic) bond motifs is 2. The maximum Gasteiger partial charge on any atom is 0.278 e. The van der Waals surface area contributed by atoms with Crippen molar-refractivity contribution in [3.63, 3.8) is 0 Å². The number of thiazole rings is 1. The number of rotatable bonds is 3. The Morgan fingerprint density at radius 1 is 0.967 bits per heavy atom. The highest BCUT2D eigenvalue weighted by atomic mass is 32.1. The van der Waals surface area contributed by atoms with Gasteiger partial charge in [0.15, 0.2) is 10.8 Å². The van der Waals surface area contributed by atoms with E-state index in [0.717, 1.165) is 22.0 Å². The fourth-order valence-electron chi connectivity index (χ4n) is 3.44. The molecule has 3 aromatic carbocycles. The van der Waals surface area contributed by atoms with E-state index < -0.39 is 5.91 Å². The van der Waals surface area contributed by atoms with Crippen molar-refractivity contribution >= 4 is 43.9 Å². The number of aromatic nitrogens is 3. The molecular formula is C23H16N4O2S. The number of aryl methyl sites for hydroxylation is 1. The largest absolute Gasteiger partial charge is 0.296 e. The summed E-state index contributed by atoms with van der Waals surface area (Å²) in [5.41, 5.74) is 1.72. The van der Waals surface area contributed by atoms with E-state index in [0.29, 0.717) is 15.9 Å². The van der Waals surface area contributed by atoms with Crippen molar-refractivity contribution in [2.75, 3.05) is 5.32 Å². The third-order valence-electron chi connectivity index (χ3n) is 4.94. The lowest BCUT2D eigenvalue weighted by Gasteiger charge is -2.07. The van der Waals surface area contributed by atoms with E-state index in [4.69, 9.17) is 0 Å². The standard InChI is InChI=1S/C23H16N4O2S/c1-27-22(29)18-9-5-4-8-17(18)20(26-27)21(28)25-23-24-19(13-30-23)16-11-10-14-6-2-3-7-15(14)12-16/h2-13H,1H3,(H,24,25,28). The summed E-state index contributed by atoms with van der Waals surface area (Å²) in [6.07, 6.45) is 0. The van der Waals surface area contributed by atoms with E-state index in [-0.39, 0.29) is 11.3 Å². The van der Waals surface area contributed by atoms with E-state index in [1.165, 1.54) is 23.1 Å². The van der Waals surface area contributed by atoms with Crippen LogP contribution in [0, 0.1) is 0 Å². The third kappa shape index (κ3) is 3.15. The van der Waals surface area contributed by atoms with Gasteiger partial charge in [-0.05, 0) is 22.9 Å². The van der Waals surface area contributed by atoms with Crippen LogP contribution in [0.2, 0.25) is 0 Å². The van der Waals surface area contributed by atoms with Gasteiger partial charge in [-0.1, -0.05) is 54.6 Å². The molecule has 0 aliphatic rings. The topological polar surface area (TPSA) is 76.9 Å². The van der Waals surface area contributed by atoms with Gasteiger partial charge in [0.1, 0.15) is 0 Å². The van der Waals surface area contributed by atoms with Crippen molar-refractivity contribution < 1.29 is 4.79 Å². The van der Waals surface area contributed by atoms with Crippen molar-refractivity contribution in [1.82, 2.24) is 14.8 Å². The summed E-state index contributed by atoms with van der Waals surface area (Å²) in [5, 5.41) is 12.6. The molecule has 5 aromatic rings. The summed E-state index contributed by atoms with van der Waals surface area (Å²) >= 11 is 1.35. The molecule has 0 aliphatic carbocycles. The molecule has 0 saturated heterocycles. The Morgan fingerprint density at radius 3 is 2.53 bits per heavy atom. The van der Waals surface area contributed by atoms with Gasteiger partial charge in [-0.2, -0.15) is 5.10 Å². The van der Waals surface area contributed by atoms with Crippen molar-refractivity contribution in [1.29, 1.82) is 0 Å². The van der Waals surface area contributed by atoms with E-state index in [1.54, 1.807) is 24.3 Å². The molecule has 6 nitrogen and oxygen atoms in total. The van der Waals surface area contributed by atoms with Crippen LogP contribution in [0.15, 0.2) is 76.9 Å². The fraction of sp³-hybridized carbons (Fsp3) is 0.0435. The molecule has 1 N–H and O–H groups in total. The van der Waals surface area contributed by atoms with Crippen LogP contribution in [0.1, 0.15) is 10.5 Å². The van der Waals surface area contributed by atoms with Gasteiger partial charge in [0.25, 0.3) is 11.5 Å². The molecule has 0 atom stereocenters. The lowest BCUT2D eigenvalue weighted by atomic mass is 10.1. The minimum atomic E-state index is -0.402. The Hall–Kier alpha value is -3.84. The van der Waals surface area contributed by atoms with Crippen LogP contribution in [-0.4, -0.2) is 20.7 Å². The van der Waals surface area contributed by atoms with Gasteiger partial charge in [-0.25, -0.2) is 9.67 Å². The molecule has 5 rings (SSSR count).